The maximum atomic E-state index is 14.0. The highest BCUT2D eigenvalue weighted by Crippen LogP contribution is 2.69. The Hall–Kier alpha value is -2.56. The van der Waals surface area contributed by atoms with Crippen LogP contribution in [0, 0.1) is 29.6 Å². The normalized spacial score (nSPS) is 28.6. The van der Waals surface area contributed by atoms with Gasteiger partial charge in [-0.1, -0.05) is 62.6 Å². The second-order valence-corrected chi connectivity index (χ2v) is 15.5. The first kappa shape index (κ1) is 28.0. The molecule has 0 spiro atoms. The van der Waals surface area contributed by atoms with E-state index in [9.17, 15) is 14.4 Å². The van der Waals surface area contributed by atoms with E-state index in [0.29, 0.717) is 28.1 Å². The Bertz CT molecular complexity index is 1860. The Balaban J connectivity index is 1.20. The Morgan fingerprint density at radius 2 is 1.67 bits per heavy atom. The van der Waals surface area contributed by atoms with Gasteiger partial charge in [0.1, 0.15) is 12.4 Å². The molecule has 1 saturated heterocycles. The van der Waals surface area contributed by atoms with E-state index in [-0.39, 0.29) is 51.5 Å². The fourth-order valence-corrected chi connectivity index (χ4v) is 11.4. The molecule has 8 rings (SSSR count). The third-order valence-electron chi connectivity index (χ3n) is 9.40. The van der Waals surface area contributed by atoms with E-state index >= 15 is 0 Å². The Labute approximate surface area is 273 Å². The fourth-order valence-electron chi connectivity index (χ4n) is 7.89. The van der Waals surface area contributed by atoms with Gasteiger partial charge < -0.3 is 9.72 Å². The number of H-pyrrole nitrogens is 1. The summed E-state index contributed by atoms with van der Waals surface area (Å²) < 4.78 is 7.29. The minimum atomic E-state index is -0.391. The SMILES string of the molecule is O=C1C2C3CC(C2C(=O)N1c1ccc(Br)cc1)C1C3Sc2[nH]c(=O)sc2[C@@H]1c1cc(Cl)ccc1OCc1cccc(Cl)c1. The van der Waals surface area contributed by atoms with Gasteiger partial charge in [0.25, 0.3) is 0 Å². The number of aromatic amines is 1. The minimum Gasteiger partial charge on any atom is -0.489 e. The van der Waals surface area contributed by atoms with Crippen LogP contribution in [0.5, 0.6) is 5.75 Å². The molecule has 3 fully saturated rings. The van der Waals surface area contributed by atoms with Crippen molar-refractivity contribution in [2.24, 2.45) is 29.6 Å². The van der Waals surface area contributed by atoms with Gasteiger partial charge in [0.15, 0.2) is 0 Å². The number of carbonyl (C=O) groups is 2. The predicted octanol–water partition coefficient (Wildman–Crippen LogP) is 7.76. The van der Waals surface area contributed by atoms with Crippen LogP contribution in [0.4, 0.5) is 5.69 Å². The summed E-state index contributed by atoms with van der Waals surface area (Å²) in [6.45, 7) is 0.312. The molecule has 3 aromatic carbocycles. The maximum absolute atomic E-state index is 14.0. The van der Waals surface area contributed by atoms with Crippen LogP contribution in [0.25, 0.3) is 0 Å². The molecule has 11 heteroatoms. The molecular formula is C32H23BrCl2N2O4S2. The third-order valence-corrected chi connectivity index (χ3v) is 13.0. The van der Waals surface area contributed by atoms with Crippen LogP contribution in [-0.4, -0.2) is 22.0 Å². The molecule has 4 aromatic rings. The fraction of sp³-hybridized carbons (Fsp3) is 0.281. The number of ether oxygens (including phenoxy) is 1. The number of halogens is 3. The molecule has 218 valence electrons. The minimum absolute atomic E-state index is 0.0143. The number of hydrogen-bond acceptors (Lipinski definition) is 6. The van der Waals surface area contributed by atoms with Crippen molar-refractivity contribution in [3.05, 3.63) is 107 Å². The molecule has 43 heavy (non-hydrogen) atoms. The van der Waals surface area contributed by atoms with E-state index in [2.05, 4.69) is 20.9 Å². The zero-order chi connectivity index (χ0) is 29.6. The number of benzene rings is 3. The number of nitrogens with zero attached hydrogens (tertiary/aromatic N) is 1. The summed E-state index contributed by atoms with van der Waals surface area (Å²) >= 11 is 19.1. The van der Waals surface area contributed by atoms with Crippen LogP contribution in [0.15, 0.2) is 81.0 Å². The highest BCUT2D eigenvalue weighted by Gasteiger charge is 2.69. The zero-order valence-electron chi connectivity index (χ0n) is 22.3. The van der Waals surface area contributed by atoms with Gasteiger partial charge in [0.2, 0.25) is 11.8 Å². The van der Waals surface area contributed by atoms with Gasteiger partial charge in [-0.2, -0.15) is 0 Å². The summed E-state index contributed by atoms with van der Waals surface area (Å²) in [4.78, 5) is 45.9. The van der Waals surface area contributed by atoms with Crippen LogP contribution in [0.2, 0.25) is 10.0 Å². The van der Waals surface area contributed by atoms with Crippen molar-refractivity contribution < 1.29 is 14.3 Å². The number of imide groups is 1. The first-order valence-corrected chi connectivity index (χ1v) is 17.2. The third kappa shape index (κ3) is 4.45. The summed E-state index contributed by atoms with van der Waals surface area (Å²) in [5.74, 6) is -0.477. The van der Waals surface area contributed by atoms with Gasteiger partial charge in [-0.05, 0) is 84.3 Å². The lowest BCUT2D eigenvalue weighted by Crippen LogP contribution is -2.42. The van der Waals surface area contributed by atoms with Crippen LogP contribution < -0.4 is 14.5 Å². The highest BCUT2D eigenvalue weighted by atomic mass is 79.9. The Morgan fingerprint density at radius 1 is 0.930 bits per heavy atom. The molecule has 6 unspecified atom stereocenters. The number of anilines is 1. The lowest BCUT2D eigenvalue weighted by atomic mass is 9.68. The largest absolute Gasteiger partial charge is 0.489 e. The van der Waals surface area contributed by atoms with Crippen molar-refractivity contribution in [2.75, 3.05) is 4.90 Å². The van der Waals surface area contributed by atoms with Gasteiger partial charge in [0.05, 0.1) is 22.5 Å². The van der Waals surface area contributed by atoms with Gasteiger partial charge in [-0.15, -0.1) is 11.8 Å². The Kier molecular flexibility index (Phi) is 6.84. The maximum Gasteiger partial charge on any atom is 0.305 e. The van der Waals surface area contributed by atoms with Gasteiger partial charge in [0, 0.05) is 36.1 Å². The standard InChI is InChI=1S/C32H23BrCl2N2O4S2/c33-15-4-7-18(8-5-15)37-30(38)25-20-12-21(26(25)31(37)39)27-24(20)23(28-29(42-27)36-32(40)43-28)19-11-17(35)6-9-22(19)41-13-14-2-1-3-16(34)10-14/h1-11,20-21,23-27H,12-13H2,(H,36,40)/t20?,21?,23-,24?,25?,26?,27?/m1/s1. The van der Waals surface area contributed by atoms with Crippen molar-refractivity contribution in [1.29, 1.82) is 0 Å². The van der Waals surface area contributed by atoms with Crippen LogP contribution >= 0.6 is 62.2 Å². The summed E-state index contributed by atoms with van der Waals surface area (Å²) in [7, 11) is 0. The number of rotatable bonds is 5. The molecule has 2 saturated carbocycles. The average molecular weight is 714 g/mol. The monoisotopic (exact) mass is 712 g/mol. The number of aromatic nitrogens is 1. The van der Waals surface area contributed by atoms with Crippen molar-refractivity contribution in [3.63, 3.8) is 0 Å². The predicted molar refractivity (Wildman–Crippen MR) is 172 cm³/mol. The van der Waals surface area contributed by atoms with E-state index in [1.165, 1.54) is 16.2 Å². The van der Waals surface area contributed by atoms with Crippen molar-refractivity contribution >= 4 is 79.7 Å². The molecule has 3 heterocycles. The second-order valence-electron chi connectivity index (χ2n) is 11.5. The Morgan fingerprint density at radius 3 is 2.44 bits per heavy atom. The molecule has 2 aliphatic carbocycles. The number of nitrogens with one attached hydrogen (secondary N) is 1. The van der Waals surface area contributed by atoms with Gasteiger partial charge >= 0.3 is 4.87 Å². The number of amides is 2. The lowest BCUT2D eigenvalue weighted by Gasteiger charge is -2.43. The molecule has 7 atom stereocenters. The quantitative estimate of drug-likeness (QED) is 0.214. The van der Waals surface area contributed by atoms with Crippen LogP contribution in [-0.2, 0) is 16.2 Å². The number of thiazole rings is 1. The number of hydrogen-bond donors (Lipinski definition) is 1. The molecule has 2 amide bonds. The van der Waals surface area contributed by atoms with E-state index < -0.39 is 5.92 Å². The molecule has 6 nitrogen and oxygen atoms in total. The smallest absolute Gasteiger partial charge is 0.305 e. The molecule has 0 radical (unpaired) electrons. The van der Waals surface area contributed by atoms with Gasteiger partial charge in [-0.3, -0.25) is 19.3 Å². The summed E-state index contributed by atoms with van der Waals surface area (Å²) in [6.07, 6.45) is 0.804. The molecule has 4 aliphatic rings. The first-order valence-electron chi connectivity index (χ1n) is 14.0. The lowest BCUT2D eigenvalue weighted by molar-refractivity contribution is -0.123. The van der Waals surface area contributed by atoms with Crippen molar-refractivity contribution in [2.45, 2.75) is 29.2 Å². The van der Waals surface area contributed by atoms with Crippen molar-refractivity contribution in [3.8, 4) is 5.75 Å². The summed E-state index contributed by atoms with van der Waals surface area (Å²) in [5, 5.41) is 2.11. The molecule has 1 aromatic heterocycles. The van der Waals surface area contributed by atoms with E-state index in [0.717, 1.165) is 31.9 Å². The number of thioether (sulfide) groups is 1. The van der Waals surface area contributed by atoms with Crippen LogP contribution in [0.1, 0.15) is 28.3 Å². The van der Waals surface area contributed by atoms with Crippen LogP contribution in [0.3, 0.4) is 0 Å². The molecule has 1 N–H and O–H groups in total. The number of carbonyl (C=O) groups excluding carboxylic acids is 2. The van der Waals surface area contributed by atoms with E-state index in [1.807, 2.05) is 60.7 Å². The second kappa shape index (κ2) is 10.5. The van der Waals surface area contributed by atoms with Crippen molar-refractivity contribution in [1.82, 2.24) is 4.98 Å². The average Bonchev–Trinajstić information content (AvgIpc) is 3.72. The summed E-state index contributed by atoms with van der Waals surface area (Å²) in [5.41, 5.74) is 2.43. The zero-order valence-corrected chi connectivity index (χ0v) is 27.1. The van der Waals surface area contributed by atoms with Gasteiger partial charge in [-0.25, -0.2) is 0 Å². The van der Waals surface area contributed by atoms with E-state index in [1.54, 1.807) is 17.8 Å². The molecular weight excluding hydrogens is 691 g/mol. The number of fused-ring (bicyclic) bond motifs is 9. The molecule has 2 bridgehead atoms. The topological polar surface area (TPSA) is 79.5 Å². The summed E-state index contributed by atoms with van der Waals surface area (Å²) in [6, 6.07) is 20.5. The highest BCUT2D eigenvalue weighted by molar-refractivity contribution is 9.10. The van der Waals surface area contributed by atoms with E-state index in [4.69, 9.17) is 27.9 Å². The molecule has 2 aliphatic heterocycles. The first-order chi connectivity index (χ1) is 20.8.